The van der Waals surface area contributed by atoms with Gasteiger partial charge in [0, 0.05) is 5.69 Å². The molecule has 0 aromatic heterocycles. The van der Waals surface area contributed by atoms with Gasteiger partial charge in [0.15, 0.2) is 11.5 Å². The van der Waals surface area contributed by atoms with E-state index in [0.29, 0.717) is 0 Å². The van der Waals surface area contributed by atoms with Crippen molar-refractivity contribution < 1.29 is 23.7 Å². The highest BCUT2D eigenvalue weighted by molar-refractivity contribution is 7.92. The van der Waals surface area contributed by atoms with Crippen molar-refractivity contribution in [3.63, 3.8) is 0 Å². The first-order valence-corrected chi connectivity index (χ1v) is 7.32. The summed E-state index contributed by atoms with van der Waals surface area (Å²) in [6.45, 7) is 3.59. The third-order valence-corrected chi connectivity index (χ3v) is 4.19. The highest BCUT2D eigenvalue weighted by atomic mass is 32.2. The van der Waals surface area contributed by atoms with E-state index in [-0.39, 0.29) is 5.69 Å². The van der Waals surface area contributed by atoms with Crippen LogP contribution in [0, 0.1) is 0 Å². The smallest absolute Gasteiger partial charge is 0.265 e. The van der Waals surface area contributed by atoms with Crippen LogP contribution in [0.2, 0.25) is 0 Å². The van der Waals surface area contributed by atoms with Crippen molar-refractivity contribution >= 4 is 21.8 Å². The molecule has 0 bridgehead atoms. The van der Waals surface area contributed by atoms with Crippen molar-refractivity contribution in [2.24, 2.45) is 0 Å². The van der Waals surface area contributed by atoms with Crippen LogP contribution in [0.15, 0.2) is 47.9 Å². The molecule has 110 valence electrons. The van der Waals surface area contributed by atoms with Crippen molar-refractivity contribution in [1.82, 2.24) is 0 Å². The molecule has 0 fully saturated rings. The third-order valence-electron chi connectivity index (χ3n) is 2.78. The Morgan fingerprint density at radius 2 is 1.57 bits per heavy atom. The fraction of sp³-hybridized carbons (Fsp3) is 0. The molecule has 0 aliphatic rings. The number of nitrogens with one attached hydrogen (secondary N) is 1. The Morgan fingerprint density at radius 1 is 0.952 bits per heavy atom. The number of phenols is 3. The summed E-state index contributed by atoms with van der Waals surface area (Å²) in [5, 5.41) is 28.2. The molecule has 2 aromatic rings. The normalized spacial score (nSPS) is 11.0. The maximum atomic E-state index is 12.2. The minimum atomic E-state index is -4.10. The molecule has 7 heteroatoms. The Labute approximate surface area is 121 Å². The van der Waals surface area contributed by atoms with Crippen LogP contribution in [0.25, 0.3) is 6.08 Å². The summed E-state index contributed by atoms with van der Waals surface area (Å²) in [6, 6.07) is 8.37. The van der Waals surface area contributed by atoms with Crippen LogP contribution in [0.5, 0.6) is 17.2 Å². The number of hydrogen-bond acceptors (Lipinski definition) is 5. The van der Waals surface area contributed by atoms with Gasteiger partial charge in [-0.1, -0.05) is 24.8 Å². The van der Waals surface area contributed by atoms with E-state index >= 15 is 0 Å². The van der Waals surface area contributed by atoms with Gasteiger partial charge in [-0.25, -0.2) is 8.42 Å². The molecule has 0 amide bonds. The maximum absolute atomic E-state index is 12.2. The summed E-state index contributed by atoms with van der Waals surface area (Å²) < 4.78 is 26.6. The van der Waals surface area contributed by atoms with Gasteiger partial charge in [0.25, 0.3) is 10.0 Å². The number of benzene rings is 2. The van der Waals surface area contributed by atoms with Crippen LogP contribution >= 0.6 is 0 Å². The van der Waals surface area contributed by atoms with Gasteiger partial charge >= 0.3 is 0 Å². The molecular formula is C14H13NO5S. The highest BCUT2D eigenvalue weighted by Gasteiger charge is 2.22. The Bertz CT molecular complexity index is 782. The van der Waals surface area contributed by atoms with E-state index in [0.717, 1.165) is 17.7 Å². The van der Waals surface area contributed by atoms with Gasteiger partial charge in [-0.05, 0) is 29.8 Å². The van der Waals surface area contributed by atoms with E-state index in [1.54, 1.807) is 18.2 Å². The Hall–Kier alpha value is -2.67. The molecule has 21 heavy (non-hydrogen) atoms. The number of aromatic hydroxyl groups is 3. The van der Waals surface area contributed by atoms with Gasteiger partial charge in [0.1, 0.15) is 4.90 Å². The Balaban J connectivity index is 2.38. The Morgan fingerprint density at radius 3 is 2.14 bits per heavy atom. The quantitative estimate of drug-likeness (QED) is 0.648. The van der Waals surface area contributed by atoms with E-state index < -0.39 is 32.2 Å². The van der Waals surface area contributed by atoms with Gasteiger partial charge < -0.3 is 15.3 Å². The second-order valence-corrected chi connectivity index (χ2v) is 5.86. The van der Waals surface area contributed by atoms with Gasteiger partial charge in [-0.2, -0.15) is 0 Å². The third kappa shape index (κ3) is 2.92. The van der Waals surface area contributed by atoms with Crippen LogP contribution in [0.1, 0.15) is 5.56 Å². The van der Waals surface area contributed by atoms with E-state index in [4.69, 9.17) is 0 Å². The number of rotatable bonds is 4. The highest BCUT2D eigenvalue weighted by Crippen LogP contribution is 2.39. The summed E-state index contributed by atoms with van der Waals surface area (Å²) in [5.74, 6) is -2.41. The van der Waals surface area contributed by atoms with Crippen LogP contribution in [-0.4, -0.2) is 23.7 Å². The fourth-order valence-corrected chi connectivity index (χ4v) is 2.82. The lowest BCUT2D eigenvalue weighted by Gasteiger charge is -2.11. The minimum absolute atomic E-state index is 0.285. The van der Waals surface area contributed by atoms with Gasteiger partial charge in [-0.3, -0.25) is 4.72 Å². The molecule has 2 rings (SSSR count). The SMILES string of the molecule is C=Cc1ccc(NS(=O)(=O)c2ccc(O)c(O)c2O)cc1. The molecule has 4 N–H and O–H groups in total. The van der Waals surface area contributed by atoms with Crippen molar-refractivity contribution in [2.75, 3.05) is 4.72 Å². The lowest BCUT2D eigenvalue weighted by Crippen LogP contribution is -2.13. The molecule has 0 saturated carbocycles. The molecule has 0 heterocycles. The predicted octanol–water partition coefficient (Wildman–Crippen LogP) is 2.25. The first kappa shape index (κ1) is 14.7. The van der Waals surface area contributed by atoms with Crippen molar-refractivity contribution in [1.29, 1.82) is 0 Å². The maximum Gasteiger partial charge on any atom is 0.265 e. The van der Waals surface area contributed by atoms with Gasteiger partial charge in [0.05, 0.1) is 0 Å². The van der Waals surface area contributed by atoms with E-state index in [1.807, 2.05) is 0 Å². The zero-order chi connectivity index (χ0) is 15.6. The molecule has 2 aromatic carbocycles. The average Bonchev–Trinajstić information content (AvgIpc) is 2.45. The summed E-state index contributed by atoms with van der Waals surface area (Å²) >= 11 is 0. The summed E-state index contributed by atoms with van der Waals surface area (Å²) in [6.07, 6.45) is 1.61. The molecule has 0 unspecified atom stereocenters. The second kappa shape index (κ2) is 5.37. The molecule has 0 radical (unpaired) electrons. The number of hydrogen-bond donors (Lipinski definition) is 4. The standard InChI is InChI=1S/C14H13NO5S/c1-2-9-3-5-10(6-4-9)15-21(19,20)12-8-7-11(16)13(17)14(12)18/h2-8,15-18H,1H2. The van der Waals surface area contributed by atoms with Crippen LogP contribution in [-0.2, 0) is 10.0 Å². The van der Waals surface area contributed by atoms with Crippen LogP contribution in [0.3, 0.4) is 0 Å². The molecule has 6 nitrogen and oxygen atoms in total. The largest absolute Gasteiger partial charge is 0.504 e. The number of sulfonamides is 1. The van der Waals surface area contributed by atoms with Crippen molar-refractivity contribution in [3.8, 4) is 17.2 Å². The lowest BCUT2D eigenvalue weighted by atomic mass is 10.2. The van der Waals surface area contributed by atoms with E-state index in [9.17, 15) is 23.7 Å². The molecule has 0 atom stereocenters. The topological polar surface area (TPSA) is 107 Å². The average molecular weight is 307 g/mol. The fourth-order valence-electron chi connectivity index (χ4n) is 1.66. The molecule has 0 spiro atoms. The van der Waals surface area contributed by atoms with Crippen LogP contribution < -0.4 is 4.72 Å². The lowest BCUT2D eigenvalue weighted by molar-refractivity contribution is 0.361. The molecule has 0 saturated heterocycles. The van der Waals surface area contributed by atoms with E-state index in [1.165, 1.54) is 12.1 Å². The van der Waals surface area contributed by atoms with Crippen molar-refractivity contribution in [3.05, 3.63) is 48.5 Å². The van der Waals surface area contributed by atoms with Gasteiger partial charge in [-0.15, -0.1) is 0 Å². The molecule has 0 aliphatic heterocycles. The molecule has 0 aliphatic carbocycles. The summed E-state index contributed by atoms with van der Waals surface area (Å²) in [4.78, 5) is -0.536. The second-order valence-electron chi connectivity index (χ2n) is 4.21. The number of phenolic OH excluding ortho intramolecular Hbond substituents is 3. The number of anilines is 1. The molecular weight excluding hydrogens is 294 g/mol. The van der Waals surface area contributed by atoms with Crippen molar-refractivity contribution in [2.45, 2.75) is 4.90 Å². The first-order chi connectivity index (χ1) is 9.85. The monoisotopic (exact) mass is 307 g/mol. The zero-order valence-corrected chi connectivity index (χ0v) is 11.6. The summed E-state index contributed by atoms with van der Waals surface area (Å²) in [7, 11) is -4.10. The first-order valence-electron chi connectivity index (χ1n) is 5.84. The van der Waals surface area contributed by atoms with E-state index in [2.05, 4.69) is 11.3 Å². The summed E-state index contributed by atoms with van der Waals surface area (Å²) in [5.41, 5.74) is 1.11. The van der Waals surface area contributed by atoms with Gasteiger partial charge in [0.2, 0.25) is 5.75 Å². The minimum Gasteiger partial charge on any atom is -0.504 e. The Kier molecular flexibility index (Phi) is 3.77. The zero-order valence-electron chi connectivity index (χ0n) is 10.8. The predicted molar refractivity (Wildman–Crippen MR) is 78.8 cm³/mol. The van der Waals surface area contributed by atoms with Crippen LogP contribution in [0.4, 0.5) is 5.69 Å².